The number of halogens is 1. The van der Waals surface area contributed by atoms with Crippen LogP contribution in [-0.4, -0.2) is 41.4 Å². The lowest BCUT2D eigenvalue weighted by molar-refractivity contribution is 0.0615. The van der Waals surface area contributed by atoms with E-state index in [9.17, 15) is 5.11 Å². The van der Waals surface area contributed by atoms with E-state index in [0.717, 1.165) is 17.8 Å². The zero-order valence-corrected chi connectivity index (χ0v) is 11.8. The summed E-state index contributed by atoms with van der Waals surface area (Å²) in [6.07, 6.45) is 0.864. The van der Waals surface area contributed by atoms with Gasteiger partial charge in [-0.1, -0.05) is 18.5 Å². The molecule has 1 aromatic heterocycles. The molecule has 1 unspecified atom stereocenters. The number of methoxy groups -OCH3 is 1. The Bertz CT molecular complexity index is 388. The number of aliphatic hydroxyl groups excluding tert-OH is 1. The molecule has 1 aromatic rings. The maximum absolute atomic E-state index is 9.53. The summed E-state index contributed by atoms with van der Waals surface area (Å²) in [5.74, 6) is 1.45. The van der Waals surface area contributed by atoms with Crippen LogP contribution in [0.15, 0.2) is 0 Å². The Balaban J connectivity index is 2.58. The van der Waals surface area contributed by atoms with Gasteiger partial charge >= 0.3 is 0 Å². The van der Waals surface area contributed by atoms with Gasteiger partial charge in [-0.25, -0.2) is 9.97 Å². The van der Waals surface area contributed by atoms with E-state index in [2.05, 4.69) is 15.3 Å². The molecule has 0 aliphatic rings. The number of ether oxygens (including phenoxy) is 1. The van der Waals surface area contributed by atoms with Crippen LogP contribution in [0.5, 0.6) is 0 Å². The minimum atomic E-state index is -0.467. The third kappa shape index (κ3) is 4.40. The van der Waals surface area contributed by atoms with E-state index in [1.165, 1.54) is 0 Å². The molecule has 1 heterocycles. The van der Waals surface area contributed by atoms with Gasteiger partial charge in [0.15, 0.2) is 0 Å². The zero-order valence-electron chi connectivity index (χ0n) is 11.0. The van der Waals surface area contributed by atoms with Crippen LogP contribution in [0.25, 0.3) is 0 Å². The SMILES string of the molecule is CCc1nc(Cl)c(C)c(NCCC(O)COC)n1. The second kappa shape index (κ2) is 7.51. The molecule has 0 aromatic carbocycles. The van der Waals surface area contributed by atoms with Crippen molar-refractivity contribution in [2.75, 3.05) is 25.6 Å². The molecular formula is C12H20ClN3O2. The van der Waals surface area contributed by atoms with Gasteiger partial charge in [0, 0.05) is 25.6 Å². The Hall–Kier alpha value is -0.910. The van der Waals surface area contributed by atoms with Crippen LogP contribution in [0.2, 0.25) is 5.15 Å². The topological polar surface area (TPSA) is 67.3 Å². The van der Waals surface area contributed by atoms with Crippen molar-refractivity contribution in [3.05, 3.63) is 16.5 Å². The van der Waals surface area contributed by atoms with Crippen molar-refractivity contribution in [2.24, 2.45) is 0 Å². The lowest BCUT2D eigenvalue weighted by Crippen LogP contribution is -2.19. The van der Waals surface area contributed by atoms with Crippen molar-refractivity contribution in [3.63, 3.8) is 0 Å². The maximum atomic E-state index is 9.53. The highest BCUT2D eigenvalue weighted by atomic mass is 35.5. The van der Waals surface area contributed by atoms with Crippen molar-refractivity contribution in [1.29, 1.82) is 0 Å². The molecule has 2 N–H and O–H groups in total. The molecule has 6 heteroatoms. The quantitative estimate of drug-likeness (QED) is 0.742. The van der Waals surface area contributed by atoms with Crippen molar-refractivity contribution in [1.82, 2.24) is 9.97 Å². The largest absolute Gasteiger partial charge is 0.391 e. The van der Waals surface area contributed by atoms with Gasteiger partial charge in [-0.05, 0) is 13.3 Å². The molecule has 0 spiro atoms. The molecule has 0 amide bonds. The number of hydrogen-bond donors (Lipinski definition) is 2. The highest BCUT2D eigenvalue weighted by Gasteiger charge is 2.09. The van der Waals surface area contributed by atoms with Crippen LogP contribution in [-0.2, 0) is 11.2 Å². The summed E-state index contributed by atoms with van der Waals surface area (Å²) in [5.41, 5.74) is 0.829. The standard InChI is InChI=1S/C12H20ClN3O2/c1-4-10-15-11(13)8(2)12(16-10)14-6-5-9(17)7-18-3/h9,17H,4-7H2,1-3H3,(H,14,15,16). The molecule has 5 nitrogen and oxygen atoms in total. The van der Waals surface area contributed by atoms with E-state index in [-0.39, 0.29) is 0 Å². The van der Waals surface area contributed by atoms with Crippen molar-refractivity contribution in [3.8, 4) is 0 Å². The van der Waals surface area contributed by atoms with E-state index < -0.39 is 6.10 Å². The Kier molecular flexibility index (Phi) is 6.32. The van der Waals surface area contributed by atoms with Crippen LogP contribution in [0.3, 0.4) is 0 Å². The Labute approximate surface area is 113 Å². The molecule has 18 heavy (non-hydrogen) atoms. The number of rotatable bonds is 7. The molecule has 0 bridgehead atoms. The van der Waals surface area contributed by atoms with Gasteiger partial charge in [-0.3, -0.25) is 0 Å². The van der Waals surface area contributed by atoms with Crippen molar-refractivity contribution in [2.45, 2.75) is 32.8 Å². The Morgan fingerprint density at radius 1 is 1.44 bits per heavy atom. The Morgan fingerprint density at radius 3 is 2.78 bits per heavy atom. The second-order valence-electron chi connectivity index (χ2n) is 4.08. The number of aliphatic hydroxyl groups is 1. The van der Waals surface area contributed by atoms with Crippen LogP contribution in [0.4, 0.5) is 5.82 Å². The predicted octanol–water partition coefficient (Wildman–Crippen LogP) is 1.81. The third-order valence-electron chi connectivity index (χ3n) is 2.58. The third-order valence-corrected chi connectivity index (χ3v) is 2.95. The monoisotopic (exact) mass is 273 g/mol. The second-order valence-corrected chi connectivity index (χ2v) is 4.44. The van der Waals surface area contributed by atoms with Gasteiger partial charge in [-0.15, -0.1) is 0 Å². The van der Waals surface area contributed by atoms with Crippen molar-refractivity contribution < 1.29 is 9.84 Å². The van der Waals surface area contributed by atoms with E-state index in [1.807, 2.05) is 13.8 Å². The first-order valence-electron chi connectivity index (χ1n) is 6.02. The van der Waals surface area contributed by atoms with Gasteiger partial charge in [-0.2, -0.15) is 0 Å². The molecule has 1 atom stereocenters. The summed E-state index contributed by atoms with van der Waals surface area (Å²) in [4.78, 5) is 8.54. The fraction of sp³-hybridized carbons (Fsp3) is 0.667. The van der Waals surface area contributed by atoms with Crippen molar-refractivity contribution >= 4 is 17.4 Å². The van der Waals surface area contributed by atoms with Crippen LogP contribution in [0.1, 0.15) is 24.7 Å². The average molecular weight is 274 g/mol. The zero-order chi connectivity index (χ0) is 13.5. The number of nitrogens with one attached hydrogen (secondary N) is 1. The number of aromatic nitrogens is 2. The molecule has 0 saturated carbocycles. The molecule has 0 fully saturated rings. The van der Waals surface area contributed by atoms with Crippen LogP contribution >= 0.6 is 11.6 Å². The van der Waals surface area contributed by atoms with Crippen LogP contribution < -0.4 is 5.32 Å². The fourth-order valence-corrected chi connectivity index (χ4v) is 1.68. The lowest BCUT2D eigenvalue weighted by atomic mass is 10.2. The molecule has 1 rings (SSSR count). The molecule has 0 saturated heterocycles. The van der Waals surface area contributed by atoms with Gasteiger partial charge in [0.25, 0.3) is 0 Å². The summed E-state index contributed by atoms with van der Waals surface area (Å²) >= 11 is 6.03. The van der Waals surface area contributed by atoms with E-state index in [1.54, 1.807) is 7.11 Å². The molecule has 0 radical (unpaired) electrons. The van der Waals surface area contributed by atoms with Gasteiger partial charge in [0.1, 0.15) is 16.8 Å². The number of anilines is 1. The average Bonchev–Trinajstić information content (AvgIpc) is 2.34. The number of hydrogen-bond acceptors (Lipinski definition) is 5. The summed E-state index contributed by atoms with van der Waals surface area (Å²) in [6.45, 7) is 4.80. The smallest absolute Gasteiger partial charge is 0.137 e. The van der Waals surface area contributed by atoms with Gasteiger partial charge in [0.2, 0.25) is 0 Å². The first-order chi connectivity index (χ1) is 8.58. The van der Waals surface area contributed by atoms with Gasteiger partial charge < -0.3 is 15.2 Å². The predicted molar refractivity (Wildman–Crippen MR) is 72.1 cm³/mol. The first-order valence-corrected chi connectivity index (χ1v) is 6.40. The van der Waals surface area contributed by atoms with Crippen LogP contribution in [0, 0.1) is 6.92 Å². The van der Waals surface area contributed by atoms with E-state index in [0.29, 0.717) is 30.5 Å². The molecular weight excluding hydrogens is 254 g/mol. The minimum Gasteiger partial charge on any atom is -0.391 e. The fourth-order valence-electron chi connectivity index (χ4n) is 1.50. The lowest BCUT2D eigenvalue weighted by Gasteiger charge is -2.13. The summed E-state index contributed by atoms with van der Waals surface area (Å²) in [7, 11) is 1.57. The van der Waals surface area contributed by atoms with E-state index in [4.69, 9.17) is 16.3 Å². The van der Waals surface area contributed by atoms with Gasteiger partial charge in [0.05, 0.1) is 12.7 Å². The summed E-state index contributed by atoms with van der Waals surface area (Å²) in [6, 6.07) is 0. The highest BCUT2D eigenvalue weighted by Crippen LogP contribution is 2.19. The highest BCUT2D eigenvalue weighted by molar-refractivity contribution is 6.30. The summed E-state index contributed by atoms with van der Waals surface area (Å²) < 4.78 is 4.86. The maximum Gasteiger partial charge on any atom is 0.137 e. The summed E-state index contributed by atoms with van der Waals surface area (Å²) in [5, 5.41) is 13.2. The minimum absolute atomic E-state index is 0.339. The first kappa shape index (κ1) is 15.1. The number of aryl methyl sites for hydroxylation is 1. The molecule has 102 valence electrons. The number of nitrogens with zero attached hydrogens (tertiary/aromatic N) is 2. The Morgan fingerprint density at radius 2 is 2.17 bits per heavy atom. The molecule has 0 aliphatic carbocycles. The molecule has 0 aliphatic heterocycles. The normalized spacial score (nSPS) is 12.5. The van der Waals surface area contributed by atoms with E-state index >= 15 is 0 Å².